The highest BCUT2D eigenvalue weighted by molar-refractivity contribution is 6.32. The van der Waals surface area contributed by atoms with Gasteiger partial charge in [-0.2, -0.15) is 5.26 Å². The van der Waals surface area contributed by atoms with Crippen molar-refractivity contribution in [2.45, 2.75) is 6.92 Å². The summed E-state index contributed by atoms with van der Waals surface area (Å²) in [6, 6.07) is 7.35. The van der Waals surface area contributed by atoms with Gasteiger partial charge in [0.15, 0.2) is 0 Å². The Kier molecular flexibility index (Phi) is 2.52. The SMILES string of the molecule is Cc1cc2cc(C#N)c(Cl)nc2cc1Cl. The van der Waals surface area contributed by atoms with Crippen molar-refractivity contribution in [2.75, 3.05) is 0 Å². The zero-order valence-corrected chi connectivity index (χ0v) is 9.39. The largest absolute Gasteiger partial charge is 0.235 e. The fourth-order valence-electron chi connectivity index (χ4n) is 1.37. The summed E-state index contributed by atoms with van der Waals surface area (Å²) in [6.45, 7) is 1.91. The molecule has 0 N–H and O–H groups in total. The summed E-state index contributed by atoms with van der Waals surface area (Å²) < 4.78 is 0. The van der Waals surface area contributed by atoms with Crippen molar-refractivity contribution >= 4 is 34.1 Å². The molecule has 0 fully saturated rings. The Balaban J connectivity index is 2.84. The number of benzene rings is 1. The second-order valence-electron chi connectivity index (χ2n) is 3.23. The number of pyridine rings is 1. The normalized spacial score (nSPS) is 10.3. The Bertz CT molecular complexity index is 585. The molecular weight excluding hydrogens is 231 g/mol. The summed E-state index contributed by atoms with van der Waals surface area (Å²) in [7, 11) is 0. The summed E-state index contributed by atoms with van der Waals surface area (Å²) in [5, 5.41) is 10.5. The molecular formula is C11H6Cl2N2. The number of nitriles is 1. The van der Waals surface area contributed by atoms with E-state index in [0.29, 0.717) is 16.1 Å². The van der Waals surface area contributed by atoms with Crippen LogP contribution in [0.4, 0.5) is 0 Å². The lowest BCUT2D eigenvalue weighted by Crippen LogP contribution is -1.87. The van der Waals surface area contributed by atoms with Crippen LogP contribution >= 0.6 is 23.2 Å². The van der Waals surface area contributed by atoms with Gasteiger partial charge in [-0.15, -0.1) is 0 Å². The Labute approximate surface area is 97.1 Å². The predicted molar refractivity (Wildman–Crippen MR) is 61.2 cm³/mol. The van der Waals surface area contributed by atoms with Crippen LogP contribution in [-0.2, 0) is 0 Å². The van der Waals surface area contributed by atoms with Crippen LogP contribution in [0.25, 0.3) is 10.9 Å². The van der Waals surface area contributed by atoms with E-state index in [1.54, 1.807) is 12.1 Å². The van der Waals surface area contributed by atoms with Gasteiger partial charge in [-0.1, -0.05) is 23.2 Å². The number of aromatic nitrogens is 1. The number of aryl methyl sites for hydroxylation is 1. The van der Waals surface area contributed by atoms with Crippen LogP contribution in [0.3, 0.4) is 0 Å². The molecule has 0 aliphatic carbocycles. The molecule has 1 heterocycles. The molecule has 2 nitrogen and oxygen atoms in total. The highest BCUT2D eigenvalue weighted by Gasteiger charge is 2.06. The summed E-state index contributed by atoms with van der Waals surface area (Å²) in [6.07, 6.45) is 0. The molecule has 0 atom stereocenters. The van der Waals surface area contributed by atoms with Crippen LogP contribution in [0.15, 0.2) is 18.2 Å². The van der Waals surface area contributed by atoms with Crippen molar-refractivity contribution in [3.05, 3.63) is 39.5 Å². The standard InChI is InChI=1S/C11H6Cl2N2/c1-6-2-7-3-8(5-14)11(13)15-10(7)4-9(6)12/h2-4H,1H3. The topological polar surface area (TPSA) is 36.7 Å². The average Bonchev–Trinajstić information content (AvgIpc) is 2.20. The Hall–Kier alpha value is -1.30. The molecule has 4 heteroatoms. The summed E-state index contributed by atoms with van der Waals surface area (Å²) in [5.74, 6) is 0. The minimum atomic E-state index is 0.213. The maximum Gasteiger partial charge on any atom is 0.147 e. The van der Waals surface area contributed by atoms with Crippen LogP contribution in [0, 0.1) is 18.3 Å². The van der Waals surface area contributed by atoms with E-state index < -0.39 is 0 Å². The van der Waals surface area contributed by atoms with Crippen LogP contribution in [0.2, 0.25) is 10.2 Å². The van der Waals surface area contributed by atoms with Gasteiger partial charge in [0.05, 0.1) is 11.1 Å². The molecule has 0 unspecified atom stereocenters. The first-order valence-electron chi connectivity index (χ1n) is 4.28. The number of nitrogens with zero attached hydrogens (tertiary/aromatic N) is 2. The van der Waals surface area contributed by atoms with E-state index >= 15 is 0 Å². The fraction of sp³-hybridized carbons (Fsp3) is 0.0909. The van der Waals surface area contributed by atoms with Crippen molar-refractivity contribution in [1.82, 2.24) is 4.98 Å². The molecule has 1 aromatic carbocycles. The minimum Gasteiger partial charge on any atom is -0.235 e. The molecule has 0 radical (unpaired) electrons. The average molecular weight is 237 g/mol. The molecule has 0 aliphatic heterocycles. The van der Waals surface area contributed by atoms with E-state index in [1.165, 1.54) is 0 Å². The van der Waals surface area contributed by atoms with E-state index in [1.807, 2.05) is 19.1 Å². The lowest BCUT2D eigenvalue weighted by molar-refractivity contribution is 1.36. The van der Waals surface area contributed by atoms with Gasteiger partial charge < -0.3 is 0 Å². The fourth-order valence-corrected chi connectivity index (χ4v) is 1.71. The number of fused-ring (bicyclic) bond motifs is 1. The second-order valence-corrected chi connectivity index (χ2v) is 4.00. The van der Waals surface area contributed by atoms with Crippen molar-refractivity contribution < 1.29 is 0 Å². The molecule has 0 saturated heterocycles. The first-order chi connectivity index (χ1) is 7.11. The van der Waals surface area contributed by atoms with Crippen molar-refractivity contribution in [3.63, 3.8) is 0 Å². The quantitative estimate of drug-likeness (QED) is 0.654. The van der Waals surface area contributed by atoms with Gasteiger partial charge in [0.1, 0.15) is 11.2 Å². The van der Waals surface area contributed by atoms with E-state index in [2.05, 4.69) is 4.98 Å². The third-order valence-electron chi connectivity index (χ3n) is 2.17. The molecule has 0 spiro atoms. The highest BCUT2D eigenvalue weighted by atomic mass is 35.5. The smallest absolute Gasteiger partial charge is 0.147 e. The Morgan fingerprint density at radius 1 is 1.27 bits per heavy atom. The number of hydrogen-bond acceptors (Lipinski definition) is 2. The number of halogens is 2. The van der Waals surface area contributed by atoms with Gasteiger partial charge in [-0.05, 0) is 30.7 Å². The predicted octanol–water partition coefficient (Wildman–Crippen LogP) is 3.72. The molecule has 15 heavy (non-hydrogen) atoms. The Morgan fingerprint density at radius 2 is 2.00 bits per heavy atom. The lowest BCUT2D eigenvalue weighted by Gasteiger charge is -2.03. The van der Waals surface area contributed by atoms with Crippen molar-refractivity contribution in [3.8, 4) is 6.07 Å². The van der Waals surface area contributed by atoms with E-state index in [9.17, 15) is 0 Å². The van der Waals surface area contributed by atoms with Crippen molar-refractivity contribution in [1.29, 1.82) is 5.26 Å². The highest BCUT2D eigenvalue weighted by Crippen LogP contribution is 2.25. The van der Waals surface area contributed by atoms with E-state index in [0.717, 1.165) is 10.9 Å². The summed E-state index contributed by atoms with van der Waals surface area (Å²) in [5.41, 5.74) is 2.04. The number of rotatable bonds is 0. The van der Waals surface area contributed by atoms with Gasteiger partial charge in [0, 0.05) is 10.4 Å². The van der Waals surface area contributed by atoms with Crippen LogP contribution in [-0.4, -0.2) is 4.98 Å². The van der Waals surface area contributed by atoms with E-state index in [-0.39, 0.29) is 5.15 Å². The Morgan fingerprint density at radius 3 is 2.67 bits per heavy atom. The summed E-state index contributed by atoms with van der Waals surface area (Å²) in [4.78, 5) is 4.11. The molecule has 1 aromatic heterocycles. The molecule has 2 rings (SSSR count). The molecule has 2 aromatic rings. The third-order valence-corrected chi connectivity index (χ3v) is 2.86. The maximum atomic E-state index is 8.80. The van der Waals surface area contributed by atoms with Crippen LogP contribution < -0.4 is 0 Å². The first-order valence-corrected chi connectivity index (χ1v) is 5.04. The molecule has 74 valence electrons. The zero-order valence-electron chi connectivity index (χ0n) is 7.88. The molecule has 0 amide bonds. The van der Waals surface area contributed by atoms with E-state index in [4.69, 9.17) is 28.5 Å². The van der Waals surface area contributed by atoms with Crippen LogP contribution in [0.5, 0.6) is 0 Å². The number of hydrogen-bond donors (Lipinski definition) is 0. The van der Waals surface area contributed by atoms with Gasteiger partial charge in [0.25, 0.3) is 0 Å². The summed E-state index contributed by atoms with van der Waals surface area (Å²) >= 11 is 11.8. The molecule has 0 saturated carbocycles. The maximum absolute atomic E-state index is 8.80. The minimum absolute atomic E-state index is 0.213. The van der Waals surface area contributed by atoms with Gasteiger partial charge >= 0.3 is 0 Å². The van der Waals surface area contributed by atoms with Gasteiger partial charge in [-0.3, -0.25) is 0 Å². The van der Waals surface area contributed by atoms with Gasteiger partial charge in [-0.25, -0.2) is 4.98 Å². The van der Waals surface area contributed by atoms with Crippen LogP contribution in [0.1, 0.15) is 11.1 Å². The third kappa shape index (κ3) is 1.77. The van der Waals surface area contributed by atoms with Crippen molar-refractivity contribution in [2.24, 2.45) is 0 Å². The zero-order chi connectivity index (χ0) is 11.0. The first kappa shape index (κ1) is 10.2. The molecule has 0 aliphatic rings. The lowest BCUT2D eigenvalue weighted by atomic mass is 10.1. The second kappa shape index (κ2) is 3.69. The van der Waals surface area contributed by atoms with Gasteiger partial charge in [0.2, 0.25) is 0 Å². The molecule has 0 bridgehead atoms. The monoisotopic (exact) mass is 236 g/mol.